The van der Waals surface area contributed by atoms with Crippen LogP contribution in [0, 0.1) is 0 Å². The Balaban J connectivity index is 2.51. The number of aromatic nitrogens is 1. The summed E-state index contributed by atoms with van der Waals surface area (Å²) in [5.74, 6) is 0. The van der Waals surface area contributed by atoms with Crippen LogP contribution in [0.2, 0.25) is 0 Å². The number of nitrogens with zero attached hydrogens (tertiary/aromatic N) is 1. The lowest BCUT2D eigenvalue weighted by Crippen LogP contribution is -1.84. The maximum Gasteiger partial charge on any atom is 0.203 e. The minimum Gasteiger partial charge on any atom is -0.486 e. The van der Waals surface area contributed by atoms with Crippen molar-refractivity contribution >= 4 is 16.5 Å². The summed E-state index contributed by atoms with van der Waals surface area (Å²) >= 11 is 1.35. The fourth-order valence-electron chi connectivity index (χ4n) is 1.24. The van der Waals surface area contributed by atoms with Gasteiger partial charge in [0.1, 0.15) is 5.69 Å². The van der Waals surface area contributed by atoms with Gasteiger partial charge in [0.15, 0.2) is 5.13 Å². The molecule has 0 saturated carbocycles. The Morgan fingerprint density at radius 3 is 2.64 bits per heavy atom. The van der Waals surface area contributed by atoms with Gasteiger partial charge in [0, 0.05) is 5.56 Å². The zero-order valence-electron chi connectivity index (χ0n) is 7.73. The molecule has 1 aromatic heterocycles. The van der Waals surface area contributed by atoms with E-state index in [0.29, 0.717) is 5.13 Å². The number of hydrogen-bond donors (Lipinski definition) is 1. The quantitative estimate of drug-likeness (QED) is 0.820. The summed E-state index contributed by atoms with van der Waals surface area (Å²) in [5.41, 5.74) is 7.46. The molecule has 2 rings (SSSR count). The smallest absolute Gasteiger partial charge is 0.203 e. The highest BCUT2D eigenvalue weighted by Gasteiger charge is 2.11. The first-order valence-corrected chi connectivity index (χ1v) is 4.98. The van der Waals surface area contributed by atoms with Gasteiger partial charge in [-0.2, -0.15) is 0 Å². The Kier molecular flexibility index (Phi) is 2.37. The Bertz CT molecular complexity index is 425. The Morgan fingerprint density at radius 2 is 2.00 bits per heavy atom. The Hall–Kier alpha value is -1.55. The number of anilines is 1. The van der Waals surface area contributed by atoms with E-state index in [2.05, 4.69) is 4.98 Å². The van der Waals surface area contributed by atoms with Crippen molar-refractivity contribution in [3.8, 4) is 16.3 Å². The van der Waals surface area contributed by atoms with Gasteiger partial charge < -0.3 is 10.5 Å². The fourth-order valence-corrected chi connectivity index (χ4v) is 1.91. The number of hydrogen-bond acceptors (Lipinski definition) is 4. The van der Waals surface area contributed by atoms with Crippen molar-refractivity contribution in [2.75, 3.05) is 12.8 Å². The van der Waals surface area contributed by atoms with E-state index < -0.39 is 0 Å². The third-order valence-corrected chi connectivity index (χ3v) is 2.69. The van der Waals surface area contributed by atoms with E-state index in [0.717, 1.165) is 16.3 Å². The monoisotopic (exact) mass is 206 g/mol. The number of nitrogens with two attached hydrogens (primary N) is 1. The third-order valence-electron chi connectivity index (χ3n) is 1.85. The first kappa shape index (κ1) is 9.02. The van der Waals surface area contributed by atoms with E-state index in [1.54, 1.807) is 7.11 Å². The minimum absolute atomic E-state index is 0.528. The number of benzene rings is 1. The third kappa shape index (κ3) is 1.56. The van der Waals surface area contributed by atoms with Crippen molar-refractivity contribution in [3.63, 3.8) is 0 Å². The number of methoxy groups -OCH3 is 1. The topological polar surface area (TPSA) is 48.1 Å². The van der Waals surface area contributed by atoms with E-state index >= 15 is 0 Å². The molecule has 1 heterocycles. The van der Waals surface area contributed by atoms with Gasteiger partial charge in [0.05, 0.1) is 7.11 Å². The van der Waals surface area contributed by atoms with Gasteiger partial charge in [-0.05, 0) is 0 Å². The van der Waals surface area contributed by atoms with Gasteiger partial charge in [0.2, 0.25) is 5.06 Å². The van der Waals surface area contributed by atoms with Crippen LogP contribution in [0.25, 0.3) is 11.3 Å². The first-order chi connectivity index (χ1) is 6.81. The average molecular weight is 206 g/mol. The Labute approximate surface area is 86.2 Å². The number of thiazole rings is 1. The number of rotatable bonds is 2. The molecule has 2 N–H and O–H groups in total. The molecular weight excluding hydrogens is 196 g/mol. The average Bonchev–Trinajstić information content (AvgIpc) is 2.61. The highest BCUT2D eigenvalue weighted by atomic mass is 32.1. The lowest BCUT2D eigenvalue weighted by molar-refractivity contribution is 0.428. The first-order valence-electron chi connectivity index (χ1n) is 4.17. The molecule has 72 valence electrons. The molecule has 0 bridgehead atoms. The summed E-state index contributed by atoms with van der Waals surface area (Å²) in [6, 6.07) is 9.86. The van der Waals surface area contributed by atoms with Crippen LogP contribution in [-0.2, 0) is 0 Å². The van der Waals surface area contributed by atoms with Crippen LogP contribution < -0.4 is 10.5 Å². The second kappa shape index (κ2) is 3.67. The van der Waals surface area contributed by atoms with Crippen molar-refractivity contribution in [1.29, 1.82) is 0 Å². The van der Waals surface area contributed by atoms with Crippen LogP contribution in [0.4, 0.5) is 5.13 Å². The SMILES string of the molecule is COc1sc(N)nc1-c1ccccc1. The van der Waals surface area contributed by atoms with Gasteiger partial charge >= 0.3 is 0 Å². The van der Waals surface area contributed by atoms with Gasteiger partial charge in [-0.15, -0.1) is 0 Å². The van der Waals surface area contributed by atoms with Crippen molar-refractivity contribution in [1.82, 2.24) is 4.98 Å². The zero-order chi connectivity index (χ0) is 9.97. The molecule has 1 aromatic carbocycles. The molecule has 3 nitrogen and oxygen atoms in total. The molecule has 0 fully saturated rings. The van der Waals surface area contributed by atoms with Crippen LogP contribution in [-0.4, -0.2) is 12.1 Å². The lowest BCUT2D eigenvalue weighted by atomic mass is 10.2. The predicted molar refractivity (Wildman–Crippen MR) is 58.5 cm³/mol. The number of nitrogen functional groups attached to an aromatic ring is 1. The normalized spacial score (nSPS) is 10.1. The van der Waals surface area contributed by atoms with Gasteiger partial charge in [0.25, 0.3) is 0 Å². The zero-order valence-corrected chi connectivity index (χ0v) is 8.54. The molecule has 14 heavy (non-hydrogen) atoms. The summed E-state index contributed by atoms with van der Waals surface area (Å²) in [5, 5.41) is 1.29. The van der Waals surface area contributed by atoms with Gasteiger partial charge in [-0.25, -0.2) is 4.98 Å². The molecule has 0 spiro atoms. The molecule has 0 atom stereocenters. The standard InChI is InChI=1S/C10H10N2OS/c1-13-9-8(12-10(11)14-9)7-5-3-2-4-6-7/h2-6H,1H3,(H2,11,12). The predicted octanol–water partition coefficient (Wildman–Crippen LogP) is 2.40. The van der Waals surface area contributed by atoms with E-state index in [1.807, 2.05) is 30.3 Å². The minimum atomic E-state index is 0.528. The van der Waals surface area contributed by atoms with Gasteiger partial charge in [-0.1, -0.05) is 41.7 Å². The molecule has 4 heteroatoms. The maximum absolute atomic E-state index is 5.62. The van der Waals surface area contributed by atoms with Crippen molar-refractivity contribution in [2.24, 2.45) is 0 Å². The van der Waals surface area contributed by atoms with E-state index in [9.17, 15) is 0 Å². The van der Waals surface area contributed by atoms with Crippen LogP contribution in [0.15, 0.2) is 30.3 Å². The summed E-state index contributed by atoms with van der Waals surface area (Å²) in [6.07, 6.45) is 0. The summed E-state index contributed by atoms with van der Waals surface area (Å²) in [4.78, 5) is 4.22. The van der Waals surface area contributed by atoms with E-state index in [-0.39, 0.29) is 0 Å². The summed E-state index contributed by atoms with van der Waals surface area (Å²) in [6.45, 7) is 0. The van der Waals surface area contributed by atoms with Crippen molar-refractivity contribution < 1.29 is 4.74 Å². The molecule has 2 aromatic rings. The molecule has 0 radical (unpaired) electrons. The molecule has 0 saturated heterocycles. The maximum atomic E-state index is 5.62. The molecule has 0 unspecified atom stereocenters. The van der Waals surface area contributed by atoms with Crippen LogP contribution >= 0.6 is 11.3 Å². The molecular formula is C10H10N2OS. The fraction of sp³-hybridized carbons (Fsp3) is 0.100. The van der Waals surface area contributed by atoms with E-state index in [1.165, 1.54) is 11.3 Å². The van der Waals surface area contributed by atoms with Crippen LogP contribution in [0.1, 0.15) is 0 Å². The lowest BCUT2D eigenvalue weighted by Gasteiger charge is -1.99. The van der Waals surface area contributed by atoms with Crippen molar-refractivity contribution in [2.45, 2.75) is 0 Å². The van der Waals surface area contributed by atoms with Crippen molar-refractivity contribution in [3.05, 3.63) is 30.3 Å². The molecule has 0 aliphatic rings. The second-order valence-electron chi connectivity index (χ2n) is 2.76. The second-order valence-corrected chi connectivity index (χ2v) is 3.75. The van der Waals surface area contributed by atoms with E-state index in [4.69, 9.17) is 10.5 Å². The Morgan fingerprint density at radius 1 is 1.29 bits per heavy atom. The summed E-state index contributed by atoms with van der Waals surface area (Å²) < 4.78 is 5.20. The van der Waals surface area contributed by atoms with Crippen LogP contribution in [0.5, 0.6) is 5.06 Å². The molecule has 0 aliphatic heterocycles. The van der Waals surface area contributed by atoms with Crippen LogP contribution in [0.3, 0.4) is 0 Å². The largest absolute Gasteiger partial charge is 0.486 e. The van der Waals surface area contributed by atoms with Gasteiger partial charge in [-0.3, -0.25) is 0 Å². The number of ether oxygens (including phenoxy) is 1. The molecule has 0 aliphatic carbocycles. The highest BCUT2D eigenvalue weighted by molar-refractivity contribution is 7.17. The highest BCUT2D eigenvalue weighted by Crippen LogP contribution is 2.35. The summed E-state index contributed by atoms with van der Waals surface area (Å²) in [7, 11) is 1.62. The molecule has 0 amide bonds.